The minimum atomic E-state index is -0.0943. The van der Waals surface area contributed by atoms with Gasteiger partial charge in [0, 0.05) is 18.8 Å². The normalized spacial score (nSPS) is 20.3. The smallest absolute Gasteiger partial charge is 0.254 e. The Kier molecular flexibility index (Phi) is 4.48. The van der Waals surface area contributed by atoms with Crippen molar-refractivity contribution >= 4 is 5.91 Å². The molecule has 112 valence electrons. The SMILES string of the molecule is CCN1CCC[C@@H]1CNC(=O)c1cnn(C(C)(C)C)c1. The summed E-state index contributed by atoms with van der Waals surface area (Å²) in [6, 6.07) is 0.488. The molecule has 5 nitrogen and oxygen atoms in total. The molecule has 0 spiro atoms. The highest BCUT2D eigenvalue weighted by Crippen LogP contribution is 2.16. The van der Waals surface area contributed by atoms with Gasteiger partial charge >= 0.3 is 0 Å². The summed E-state index contributed by atoms with van der Waals surface area (Å²) in [6.07, 6.45) is 5.88. The van der Waals surface area contributed by atoms with Gasteiger partial charge in [-0.1, -0.05) is 6.92 Å². The summed E-state index contributed by atoms with van der Waals surface area (Å²) in [4.78, 5) is 14.6. The highest BCUT2D eigenvalue weighted by Gasteiger charge is 2.24. The zero-order valence-electron chi connectivity index (χ0n) is 13.0. The van der Waals surface area contributed by atoms with Crippen LogP contribution in [0.1, 0.15) is 50.9 Å². The topological polar surface area (TPSA) is 50.2 Å². The molecule has 1 amide bonds. The van der Waals surface area contributed by atoms with E-state index in [0.29, 0.717) is 11.6 Å². The van der Waals surface area contributed by atoms with Gasteiger partial charge in [0.25, 0.3) is 5.91 Å². The van der Waals surface area contributed by atoms with Crippen molar-refractivity contribution in [2.45, 2.75) is 52.1 Å². The average molecular weight is 278 g/mol. The van der Waals surface area contributed by atoms with Crippen molar-refractivity contribution in [1.82, 2.24) is 20.0 Å². The first-order chi connectivity index (χ1) is 9.41. The molecule has 1 aliphatic heterocycles. The molecule has 2 rings (SSSR count). The van der Waals surface area contributed by atoms with Crippen LogP contribution in [-0.2, 0) is 5.54 Å². The first kappa shape index (κ1) is 15.0. The maximum atomic E-state index is 12.2. The van der Waals surface area contributed by atoms with E-state index in [2.05, 4.69) is 43.0 Å². The summed E-state index contributed by atoms with van der Waals surface area (Å²) in [7, 11) is 0. The van der Waals surface area contributed by atoms with Crippen molar-refractivity contribution in [3.05, 3.63) is 18.0 Å². The zero-order valence-corrected chi connectivity index (χ0v) is 13.0. The molecule has 1 atom stereocenters. The summed E-state index contributed by atoms with van der Waals surface area (Å²) in [5.74, 6) is -0.0246. The van der Waals surface area contributed by atoms with Gasteiger partial charge in [-0.15, -0.1) is 0 Å². The lowest BCUT2D eigenvalue weighted by Gasteiger charge is -2.22. The van der Waals surface area contributed by atoms with Crippen LogP contribution in [-0.4, -0.2) is 46.3 Å². The minimum Gasteiger partial charge on any atom is -0.350 e. The third-order valence-corrected chi connectivity index (χ3v) is 3.94. The van der Waals surface area contributed by atoms with E-state index in [1.165, 1.54) is 12.8 Å². The van der Waals surface area contributed by atoms with Gasteiger partial charge in [-0.05, 0) is 46.7 Å². The number of nitrogens with zero attached hydrogens (tertiary/aromatic N) is 3. The number of likely N-dealkylation sites (tertiary alicyclic amines) is 1. The van der Waals surface area contributed by atoms with Crippen LogP contribution in [0.5, 0.6) is 0 Å². The van der Waals surface area contributed by atoms with E-state index in [1.54, 1.807) is 6.20 Å². The van der Waals surface area contributed by atoms with E-state index in [9.17, 15) is 4.79 Å². The van der Waals surface area contributed by atoms with Gasteiger partial charge in [0.2, 0.25) is 0 Å². The quantitative estimate of drug-likeness (QED) is 0.914. The van der Waals surface area contributed by atoms with E-state index in [4.69, 9.17) is 0 Å². The molecule has 20 heavy (non-hydrogen) atoms. The summed E-state index contributed by atoms with van der Waals surface area (Å²) in [6.45, 7) is 11.3. The predicted octanol–water partition coefficient (Wildman–Crippen LogP) is 1.85. The molecule has 0 unspecified atom stereocenters. The van der Waals surface area contributed by atoms with Gasteiger partial charge in [0.05, 0.1) is 17.3 Å². The number of carbonyl (C=O) groups excluding carboxylic acids is 1. The van der Waals surface area contributed by atoms with Crippen LogP contribution < -0.4 is 5.32 Å². The van der Waals surface area contributed by atoms with Crippen molar-refractivity contribution in [1.29, 1.82) is 0 Å². The van der Waals surface area contributed by atoms with Crippen LogP contribution in [0, 0.1) is 0 Å². The number of amides is 1. The van der Waals surface area contributed by atoms with Gasteiger partial charge in [-0.25, -0.2) is 0 Å². The van der Waals surface area contributed by atoms with E-state index >= 15 is 0 Å². The van der Waals surface area contributed by atoms with E-state index < -0.39 is 0 Å². The molecule has 1 aromatic heterocycles. The van der Waals surface area contributed by atoms with E-state index in [0.717, 1.165) is 19.6 Å². The second-order valence-corrected chi connectivity index (χ2v) is 6.48. The van der Waals surface area contributed by atoms with E-state index in [-0.39, 0.29) is 11.4 Å². The Morgan fingerprint density at radius 3 is 2.85 bits per heavy atom. The standard InChI is InChI=1S/C15H26N4O/c1-5-18-8-6-7-13(18)10-16-14(20)12-9-17-19(11-12)15(2,3)4/h9,11,13H,5-8,10H2,1-4H3,(H,16,20)/t13-/m1/s1. The molecular formula is C15H26N4O. The number of rotatable bonds is 4. The summed E-state index contributed by atoms with van der Waals surface area (Å²) in [5, 5.41) is 7.30. The van der Waals surface area contributed by atoms with Crippen LogP contribution in [0.2, 0.25) is 0 Å². The fourth-order valence-electron chi connectivity index (χ4n) is 2.66. The lowest BCUT2D eigenvalue weighted by molar-refractivity contribution is 0.0941. The Morgan fingerprint density at radius 1 is 1.50 bits per heavy atom. The fraction of sp³-hybridized carbons (Fsp3) is 0.733. The molecule has 1 saturated heterocycles. The Bertz CT molecular complexity index is 461. The Morgan fingerprint density at radius 2 is 2.25 bits per heavy atom. The van der Waals surface area contributed by atoms with Crippen molar-refractivity contribution in [3.63, 3.8) is 0 Å². The molecule has 2 heterocycles. The summed E-state index contributed by atoms with van der Waals surface area (Å²) < 4.78 is 1.83. The predicted molar refractivity (Wildman–Crippen MR) is 79.8 cm³/mol. The summed E-state index contributed by atoms with van der Waals surface area (Å²) in [5.41, 5.74) is 0.546. The lowest BCUT2D eigenvalue weighted by Crippen LogP contribution is -2.40. The first-order valence-electron chi connectivity index (χ1n) is 7.49. The summed E-state index contributed by atoms with van der Waals surface area (Å²) >= 11 is 0. The molecule has 1 aromatic rings. The van der Waals surface area contributed by atoms with Gasteiger partial charge in [0.1, 0.15) is 0 Å². The van der Waals surface area contributed by atoms with Crippen molar-refractivity contribution in [3.8, 4) is 0 Å². The minimum absolute atomic E-state index is 0.0246. The molecule has 0 aromatic carbocycles. The number of carbonyl (C=O) groups is 1. The Labute approximate surface area is 121 Å². The van der Waals surface area contributed by atoms with Gasteiger partial charge in [0.15, 0.2) is 0 Å². The van der Waals surface area contributed by atoms with E-state index in [1.807, 2.05) is 10.9 Å². The maximum Gasteiger partial charge on any atom is 0.254 e. The molecule has 0 saturated carbocycles. The average Bonchev–Trinajstić information content (AvgIpc) is 3.03. The van der Waals surface area contributed by atoms with Gasteiger partial charge < -0.3 is 5.32 Å². The zero-order chi connectivity index (χ0) is 14.8. The van der Waals surface area contributed by atoms with Crippen LogP contribution in [0.15, 0.2) is 12.4 Å². The van der Waals surface area contributed by atoms with Gasteiger partial charge in [-0.3, -0.25) is 14.4 Å². The lowest BCUT2D eigenvalue weighted by atomic mass is 10.1. The highest BCUT2D eigenvalue weighted by molar-refractivity contribution is 5.93. The first-order valence-corrected chi connectivity index (χ1v) is 7.49. The third kappa shape index (κ3) is 3.39. The van der Waals surface area contributed by atoms with Crippen LogP contribution in [0.25, 0.3) is 0 Å². The second kappa shape index (κ2) is 5.95. The van der Waals surface area contributed by atoms with Crippen LogP contribution in [0.3, 0.4) is 0 Å². The van der Waals surface area contributed by atoms with Crippen LogP contribution in [0.4, 0.5) is 0 Å². The molecular weight excluding hydrogens is 252 g/mol. The Balaban J connectivity index is 1.90. The maximum absolute atomic E-state index is 12.2. The van der Waals surface area contributed by atoms with Crippen molar-refractivity contribution < 1.29 is 4.79 Å². The van der Waals surface area contributed by atoms with Crippen LogP contribution >= 0.6 is 0 Å². The molecule has 0 bridgehead atoms. The molecule has 1 aliphatic rings. The molecule has 0 radical (unpaired) electrons. The molecule has 1 fully saturated rings. The third-order valence-electron chi connectivity index (χ3n) is 3.94. The second-order valence-electron chi connectivity index (χ2n) is 6.48. The number of aromatic nitrogens is 2. The number of nitrogens with one attached hydrogen (secondary N) is 1. The molecule has 5 heteroatoms. The fourth-order valence-corrected chi connectivity index (χ4v) is 2.66. The number of hydrogen-bond acceptors (Lipinski definition) is 3. The molecule has 0 aliphatic carbocycles. The Hall–Kier alpha value is -1.36. The number of hydrogen-bond donors (Lipinski definition) is 1. The highest BCUT2D eigenvalue weighted by atomic mass is 16.1. The number of likely N-dealkylation sites (N-methyl/N-ethyl adjacent to an activating group) is 1. The van der Waals surface area contributed by atoms with Gasteiger partial charge in [-0.2, -0.15) is 5.10 Å². The van der Waals surface area contributed by atoms with Crippen molar-refractivity contribution in [2.75, 3.05) is 19.6 Å². The largest absolute Gasteiger partial charge is 0.350 e. The van der Waals surface area contributed by atoms with Crippen molar-refractivity contribution in [2.24, 2.45) is 0 Å². The monoisotopic (exact) mass is 278 g/mol. The molecule has 1 N–H and O–H groups in total.